The molecule has 1 atom stereocenters. The molecule has 0 aromatic carbocycles. The minimum Gasteiger partial charge on any atom is -0.384 e. The van der Waals surface area contributed by atoms with Gasteiger partial charge in [-0.05, 0) is 25.8 Å². The molecule has 1 aliphatic rings. The fraction of sp³-hybridized carbons (Fsp3) is 1.00. The number of rotatable bonds is 5. The van der Waals surface area contributed by atoms with Crippen LogP contribution in [-0.2, 0) is 4.74 Å². The summed E-state index contributed by atoms with van der Waals surface area (Å²) in [5.41, 5.74) is 0.378. The molecule has 1 rings (SSSR count). The molecule has 0 aromatic rings. The lowest BCUT2D eigenvalue weighted by Crippen LogP contribution is -2.35. The first-order valence-corrected chi connectivity index (χ1v) is 4.36. The van der Waals surface area contributed by atoms with Crippen molar-refractivity contribution >= 4 is 0 Å². The molecule has 2 heteroatoms. The zero-order chi connectivity index (χ0) is 8.32. The lowest BCUT2D eigenvalue weighted by atomic mass is 9.86. The zero-order valence-electron chi connectivity index (χ0n) is 7.81. The van der Waals surface area contributed by atoms with E-state index < -0.39 is 0 Å². The van der Waals surface area contributed by atoms with Gasteiger partial charge in [0.2, 0.25) is 0 Å². The SMILES string of the molecule is CNCC(C)(COC)C1CC1. The summed E-state index contributed by atoms with van der Waals surface area (Å²) >= 11 is 0. The summed E-state index contributed by atoms with van der Waals surface area (Å²) < 4.78 is 5.22. The fourth-order valence-electron chi connectivity index (χ4n) is 1.83. The first kappa shape index (κ1) is 9.01. The van der Waals surface area contributed by atoms with Crippen molar-refractivity contribution in [3.05, 3.63) is 0 Å². The van der Waals surface area contributed by atoms with Crippen LogP contribution in [0, 0.1) is 11.3 Å². The number of nitrogens with one attached hydrogen (secondary N) is 1. The minimum atomic E-state index is 0.378. The molecule has 0 bridgehead atoms. The highest BCUT2D eigenvalue weighted by Crippen LogP contribution is 2.45. The van der Waals surface area contributed by atoms with Crippen molar-refractivity contribution in [1.82, 2.24) is 5.32 Å². The Morgan fingerprint density at radius 1 is 1.55 bits per heavy atom. The summed E-state index contributed by atoms with van der Waals surface area (Å²) in [6.07, 6.45) is 2.78. The molecule has 0 heterocycles. The summed E-state index contributed by atoms with van der Waals surface area (Å²) in [6.45, 7) is 4.27. The van der Waals surface area contributed by atoms with Crippen molar-refractivity contribution in [2.45, 2.75) is 19.8 Å². The second-order valence-corrected chi connectivity index (χ2v) is 3.89. The summed E-state index contributed by atoms with van der Waals surface area (Å²) in [5.74, 6) is 0.898. The first-order valence-electron chi connectivity index (χ1n) is 4.36. The van der Waals surface area contributed by atoms with Crippen LogP contribution in [0.25, 0.3) is 0 Å². The quantitative estimate of drug-likeness (QED) is 0.649. The van der Waals surface area contributed by atoms with Gasteiger partial charge in [0.05, 0.1) is 6.61 Å². The third-order valence-electron chi connectivity index (χ3n) is 2.62. The molecule has 1 fully saturated rings. The Bertz CT molecular complexity index is 115. The zero-order valence-corrected chi connectivity index (χ0v) is 7.81. The highest BCUT2D eigenvalue weighted by atomic mass is 16.5. The minimum absolute atomic E-state index is 0.378. The van der Waals surface area contributed by atoms with Gasteiger partial charge < -0.3 is 10.1 Å². The fourth-order valence-corrected chi connectivity index (χ4v) is 1.83. The molecular formula is C9H19NO. The number of hydrogen-bond acceptors (Lipinski definition) is 2. The maximum atomic E-state index is 5.22. The van der Waals surface area contributed by atoms with Crippen LogP contribution < -0.4 is 5.32 Å². The van der Waals surface area contributed by atoms with Gasteiger partial charge in [-0.3, -0.25) is 0 Å². The average molecular weight is 157 g/mol. The van der Waals surface area contributed by atoms with Crippen molar-refractivity contribution in [2.75, 3.05) is 27.3 Å². The highest BCUT2D eigenvalue weighted by molar-refractivity contribution is 4.92. The molecule has 1 saturated carbocycles. The molecule has 1 N–H and O–H groups in total. The molecule has 0 amide bonds. The molecule has 0 radical (unpaired) electrons. The molecule has 0 aliphatic heterocycles. The van der Waals surface area contributed by atoms with Crippen LogP contribution in [0.4, 0.5) is 0 Å². The van der Waals surface area contributed by atoms with Crippen molar-refractivity contribution in [1.29, 1.82) is 0 Å². The van der Waals surface area contributed by atoms with Crippen LogP contribution in [0.2, 0.25) is 0 Å². The molecule has 66 valence electrons. The third-order valence-corrected chi connectivity index (χ3v) is 2.62. The van der Waals surface area contributed by atoms with Gasteiger partial charge >= 0.3 is 0 Å². The van der Waals surface area contributed by atoms with Crippen LogP contribution in [0.5, 0.6) is 0 Å². The van der Waals surface area contributed by atoms with E-state index in [2.05, 4.69) is 12.2 Å². The Labute approximate surface area is 69.3 Å². The van der Waals surface area contributed by atoms with Gasteiger partial charge in [-0.1, -0.05) is 6.92 Å². The smallest absolute Gasteiger partial charge is 0.0530 e. The molecule has 11 heavy (non-hydrogen) atoms. The highest BCUT2D eigenvalue weighted by Gasteiger charge is 2.40. The van der Waals surface area contributed by atoms with Gasteiger partial charge in [0.1, 0.15) is 0 Å². The van der Waals surface area contributed by atoms with Crippen molar-refractivity contribution in [3.63, 3.8) is 0 Å². The molecule has 1 aliphatic carbocycles. The number of ether oxygens (including phenoxy) is 1. The maximum absolute atomic E-state index is 5.22. The standard InChI is InChI=1S/C9H19NO/c1-9(6-10-2,7-11-3)8-4-5-8/h8,10H,4-7H2,1-3H3. The maximum Gasteiger partial charge on any atom is 0.0530 e. The van der Waals surface area contributed by atoms with E-state index in [-0.39, 0.29) is 0 Å². The Balaban J connectivity index is 2.39. The summed E-state index contributed by atoms with van der Waals surface area (Å²) in [6, 6.07) is 0. The van der Waals surface area contributed by atoms with Crippen LogP contribution >= 0.6 is 0 Å². The summed E-state index contributed by atoms with van der Waals surface area (Å²) in [4.78, 5) is 0. The van der Waals surface area contributed by atoms with E-state index in [1.54, 1.807) is 7.11 Å². The Morgan fingerprint density at radius 3 is 2.55 bits per heavy atom. The third kappa shape index (κ3) is 2.17. The van der Waals surface area contributed by atoms with Gasteiger partial charge in [0.15, 0.2) is 0 Å². The van der Waals surface area contributed by atoms with E-state index in [1.165, 1.54) is 12.8 Å². The molecule has 0 spiro atoms. The van der Waals surface area contributed by atoms with Gasteiger partial charge in [0.25, 0.3) is 0 Å². The van der Waals surface area contributed by atoms with Crippen LogP contribution in [-0.4, -0.2) is 27.3 Å². The summed E-state index contributed by atoms with van der Waals surface area (Å²) in [5, 5.41) is 3.23. The largest absolute Gasteiger partial charge is 0.384 e. The van der Waals surface area contributed by atoms with E-state index >= 15 is 0 Å². The Kier molecular flexibility index (Phi) is 2.90. The monoisotopic (exact) mass is 157 g/mol. The van der Waals surface area contributed by atoms with E-state index in [1.807, 2.05) is 7.05 Å². The van der Waals surface area contributed by atoms with Gasteiger partial charge in [-0.25, -0.2) is 0 Å². The van der Waals surface area contributed by atoms with Crippen LogP contribution in [0.15, 0.2) is 0 Å². The van der Waals surface area contributed by atoms with E-state index in [9.17, 15) is 0 Å². The molecule has 0 aromatic heterocycles. The Hall–Kier alpha value is -0.0800. The van der Waals surface area contributed by atoms with Crippen LogP contribution in [0.3, 0.4) is 0 Å². The van der Waals surface area contributed by atoms with Gasteiger partial charge in [-0.15, -0.1) is 0 Å². The van der Waals surface area contributed by atoms with Crippen molar-refractivity contribution in [2.24, 2.45) is 11.3 Å². The predicted molar refractivity (Wildman–Crippen MR) is 46.6 cm³/mol. The second kappa shape index (κ2) is 3.55. The lowest BCUT2D eigenvalue weighted by Gasteiger charge is -2.28. The van der Waals surface area contributed by atoms with Crippen LogP contribution in [0.1, 0.15) is 19.8 Å². The molecular weight excluding hydrogens is 138 g/mol. The van der Waals surface area contributed by atoms with Crippen molar-refractivity contribution in [3.8, 4) is 0 Å². The van der Waals surface area contributed by atoms with E-state index in [0.29, 0.717) is 5.41 Å². The molecule has 2 nitrogen and oxygen atoms in total. The lowest BCUT2D eigenvalue weighted by molar-refractivity contribution is 0.0765. The second-order valence-electron chi connectivity index (χ2n) is 3.89. The van der Waals surface area contributed by atoms with Gasteiger partial charge in [-0.2, -0.15) is 0 Å². The predicted octanol–water partition coefficient (Wildman–Crippen LogP) is 1.27. The molecule has 0 saturated heterocycles. The number of methoxy groups -OCH3 is 1. The average Bonchev–Trinajstić information content (AvgIpc) is 2.68. The molecule has 1 unspecified atom stereocenters. The summed E-state index contributed by atoms with van der Waals surface area (Å²) in [7, 11) is 3.80. The Morgan fingerprint density at radius 2 is 2.18 bits per heavy atom. The normalized spacial score (nSPS) is 23.2. The topological polar surface area (TPSA) is 21.3 Å². The van der Waals surface area contributed by atoms with E-state index in [4.69, 9.17) is 4.74 Å². The van der Waals surface area contributed by atoms with Crippen molar-refractivity contribution < 1.29 is 4.74 Å². The number of hydrogen-bond donors (Lipinski definition) is 1. The van der Waals surface area contributed by atoms with E-state index in [0.717, 1.165) is 19.1 Å². The van der Waals surface area contributed by atoms with Gasteiger partial charge in [0, 0.05) is 19.1 Å². The first-order chi connectivity index (χ1) is 5.23.